The number of aryl methyl sites for hydroxylation is 2. The van der Waals surface area contributed by atoms with Gasteiger partial charge in [-0.05, 0) is 84.1 Å². The van der Waals surface area contributed by atoms with E-state index < -0.39 is 0 Å². The topological polar surface area (TPSA) is 46.5 Å². The molecule has 0 spiro atoms. The van der Waals surface area contributed by atoms with Crippen LogP contribution in [0.3, 0.4) is 0 Å². The number of nitrogens with zero attached hydrogens (tertiary/aromatic N) is 4. The molecule has 54 heavy (non-hydrogen) atoms. The quantitative estimate of drug-likeness (QED) is 0.180. The Kier molecular flexibility index (Phi) is 7.28. The molecule has 0 saturated carbocycles. The van der Waals surface area contributed by atoms with Crippen LogP contribution < -0.4 is 0 Å². The van der Waals surface area contributed by atoms with E-state index >= 15 is 0 Å². The fraction of sp³-hybridized carbons (Fsp3) is 0.0400. The van der Waals surface area contributed by atoms with Crippen molar-refractivity contribution < 1.29 is 0 Å². The Hall–Kier alpha value is -7.22. The van der Waals surface area contributed by atoms with Gasteiger partial charge in [0.2, 0.25) is 0 Å². The van der Waals surface area contributed by atoms with Gasteiger partial charge in [-0.25, -0.2) is 4.98 Å². The van der Waals surface area contributed by atoms with E-state index in [1.165, 1.54) is 43.8 Å². The Balaban J connectivity index is 1.26. The van der Waals surface area contributed by atoms with Crippen LogP contribution in [0.25, 0.3) is 88.5 Å². The Labute approximate surface area is 313 Å². The lowest BCUT2D eigenvalue weighted by atomic mass is 10.0. The highest BCUT2D eigenvalue weighted by atomic mass is 15.1. The van der Waals surface area contributed by atoms with Crippen molar-refractivity contribution >= 4 is 43.6 Å². The molecule has 3 heterocycles. The highest BCUT2D eigenvalue weighted by Gasteiger charge is 2.20. The molecule has 10 aromatic rings. The normalized spacial score (nSPS) is 11.5. The second kappa shape index (κ2) is 12.5. The predicted octanol–water partition coefficient (Wildman–Crippen LogP) is 12.8. The second-order valence-electron chi connectivity index (χ2n) is 14.2. The molecule has 0 amide bonds. The van der Waals surface area contributed by atoms with Gasteiger partial charge >= 0.3 is 0 Å². The highest BCUT2D eigenvalue weighted by molar-refractivity contribution is 6.12. The van der Waals surface area contributed by atoms with Crippen molar-refractivity contribution in [2.75, 3.05) is 0 Å². The minimum Gasteiger partial charge on any atom is -0.307 e. The molecular formula is C50H34N4. The molecule has 4 heteroatoms. The van der Waals surface area contributed by atoms with Gasteiger partial charge in [0.25, 0.3) is 0 Å². The average Bonchev–Trinajstić information content (AvgIpc) is 3.73. The summed E-state index contributed by atoms with van der Waals surface area (Å²) in [5.74, 6) is 0.810. The van der Waals surface area contributed by atoms with Crippen molar-refractivity contribution in [1.82, 2.24) is 14.1 Å². The van der Waals surface area contributed by atoms with Crippen LogP contribution in [0, 0.1) is 25.2 Å². The zero-order valence-electron chi connectivity index (χ0n) is 30.0. The second-order valence-corrected chi connectivity index (χ2v) is 14.2. The molecule has 0 unspecified atom stereocenters. The monoisotopic (exact) mass is 690 g/mol. The molecule has 10 rings (SSSR count). The van der Waals surface area contributed by atoms with E-state index in [1.54, 1.807) is 0 Å². The van der Waals surface area contributed by atoms with Crippen LogP contribution in [0.15, 0.2) is 170 Å². The molecule has 0 aliphatic rings. The first-order chi connectivity index (χ1) is 26.5. The summed E-state index contributed by atoms with van der Waals surface area (Å²) in [6.45, 7) is 4.24. The van der Waals surface area contributed by atoms with Crippen LogP contribution in [0.5, 0.6) is 0 Å². The summed E-state index contributed by atoms with van der Waals surface area (Å²) in [6.07, 6.45) is 2.01. The van der Waals surface area contributed by atoms with Crippen molar-refractivity contribution in [3.63, 3.8) is 0 Å². The number of nitriles is 1. The summed E-state index contributed by atoms with van der Waals surface area (Å²) in [7, 11) is 0. The molecule has 0 saturated heterocycles. The number of hydrogen-bond acceptors (Lipinski definition) is 2. The third kappa shape index (κ3) is 5.10. The summed E-state index contributed by atoms with van der Waals surface area (Å²) in [5.41, 5.74) is 15.0. The zero-order valence-corrected chi connectivity index (χ0v) is 30.0. The van der Waals surface area contributed by atoms with Crippen molar-refractivity contribution in [3.05, 3.63) is 187 Å². The minimum absolute atomic E-state index is 0.611. The molecule has 7 aromatic carbocycles. The molecule has 0 aliphatic heterocycles. The van der Waals surface area contributed by atoms with E-state index in [2.05, 4.69) is 175 Å². The fourth-order valence-corrected chi connectivity index (χ4v) is 8.02. The zero-order chi connectivity index (χ0) is 36.3. The van der Waals surface area contributed by atoms with Gasteiger partial charge in [-0.2, -0.15) is 5.26 Å². The van der Waals surface area contributed by atoms with Gasteiger partial charge in [-0.1, -0.05) is 132 Å². The van der Waals surface area contributed by atoms with E-state index in [4.69, 9.17) is 4.98 Å². The number of rotatable bonds is 5. The summed E-state index contributed by atoms with van der Waals surface area (Å²) in [5, 5.41) is 14.7. The molecule has 3 aromatic heterocycles. The van der Waals surface area contributed by atoms with E-state index in [1.807, 2.05) is 24.4 Å². The van der Waals surface area contributed by atoms with Crippen LogP contribution in [0.2, 0.25) is 0 Å². The smallest absolute Gasteiger partial charge is 0.138 e. The average molecular weight is 691 g/mol. The van der Waals surface area contributed by atoms with Crippen LogP contribution >= 0.6 is 0 Å². The lowest BCUT2D eigenvalue weighted by Crippen LogP contribution is -2.03. The van der Waals surface area contributed by atoms with Crippen molar-refractivity contribution in [2.45, 2.75) is 13.8 Å². The molecule has 0 bridgehead atoms. The van der Waals surface area contributed by atoms with Gasteiger partial charge in [0.1, 0.15) is 5.82 Å². The number of benzene rings is 7. The first kappa shape index (κ1) is 31.5. The standard InChI is InChI=1S/C50H34N4/c1-32-14-18-35(19-15-32)37-22-24-42-40-10-3-5-12-45(40)53(47(42)27-37)49-31-52-50(29-44(49)39-9-7-8-34(26-39)30-51)54-46-13-6-4-11-41(46)43-25-23-38(28-48(43)54)36-20-16-33(2)17-21-36/h3-29,31H,1-2H3. The SMILES string of the molecule is Cc1ccc(-c2ccc3c4ccccc4n(-c4cc(-c5cccc(C#N)c5)c(-n5c6ccccc6c6ccc(-c7ccc(C)cc7)cc65)cn4)c3c2)cc1. The van der Waals surface area contributed by atoms with Crippen LogP contribution in [-0.4, -0.2) is 14.1 Å². The summed E-state index contributed by atoms with van der Waals surface area (Å²) in [6, 6.07) is 60.5. The molecule has 0 atom stereocenters. The first-order valence-corrected chi connectivity index (χ1v) is 18.3. The van der Waals surface area contributed by atoms with E-state index in [-0.39, 0.29) is 0 Å². The molecular weight excluding hydrogens is 657 g/mol. The van der Waals surface area contributed by atoms with Crippen LogP contribution in [-0.2, 0) is 0 Å². The van der Waals surface area contributed by atoms with Gasteiger partial charge in [0.15, 0.2) is 0 Å². The van der Waals surface area contributed by atoms with Gasteiger partial charge in [0, 0.05) is 27.1 Å². The van der Waals surface area contributed by atoms with Gasteiger partial charge < -0.3 is 4.57 Å². The van der Waals surface area contributed by atoms with Crippen LogP contribution in [0.4, 0.5) is 0 Å². The molecule has 0 N–H and O–H groups in total. The molecule has 0 radical (unpaired) electrons. The Bertz CT molecular complexity index is 3120. The number of hydrogen-bond donors (Lipinski definition) is 0. The first-order valence-electron chi connectivity index (χ1n) is 18.3. The van der Waals surface area contributed by atoms with Crippen molar-refractivity contribution in [3.8, 4) is 51.0 Å². The van der Waals surface area contributed by atoms with E-state index in [0.717, 1.165) is 55.8 Å². The van der Waals surface area contributed by atoms with Gasteiger partial charge in [0.05, 0.1) is 45.6 Å². The maximum atomic E-state index is 10.0. The minimum atomic E-state index is 0.611. The van der Waals surface area contributed by atoms with Crippen molar-refractivity contribution in [1.29, 1.82) is 5.26 Å². The number of aromatic nitrogens is 3. The number of fused-ring (bicyclic) bond motifs is 6. The third-order valence-electron chi connectivity index (χ3n) is 10.8. The predicted molar refractivity (Wildman–Crippen MR) is 223 cm³/mol. The van der Waals surface area contributed by atoms with E-state index in [0.29, 0.717) is 5.56 Å². The molecule has 0 fully saturated rings. The Morgan fingerprint density at radius 3 is 1.56 bits per heavy atom. The number of para-hydroxylation sites is 2. The lowest BCUT2D eigenvalue weighted by molar-refractivity contribution is 1.06. The summed E-state index contributed by atoms with van der Waals surface area (Å²) in [4.78, 5) is 5.30. The lowest BCUT2D eigenvalue weighted by Gasteiger charge is -2.17. The molecule has 254 valence electrons. The largest absolute Gasteiger partial charge is 0.307 e. The Morgan fingerprint density at radius 1 is 0.444 bits per heavy atom. The van der Waals surface area contributed by atoms with Gasteiger partial charge in [-0.15, -0.1) is 0 Å². The van der Waals surface area contributed by atoms with Gasteiger partial charge in [-0.3, -0.25) is 4.57 Å². The maximum Gasteiger partial charge on any atom is 0.138 e. The van der Waals surface area contributed by atoms with Crippen molar-refractivity contribution in [2.24, 2.45) is 0 Å². The summed E-state index contributed by atoms with van der Waals surface area (Å²) < 4.78 is 4.63. The summed E-state index contributed by atoms with van der Waals surface area (Å²) >= 11 is 0. The maximum absolute atomic E-state index is 10.0. The molecule has 4 nitrogen and oxygen atoms in total. The third-order valence-corrected chi connectivity index (χ3v) is 10.8. The number of pyridine rings is 1. The van der Waals surface area contributed by atoms with E-state index in [9.17, 15) is 5.26 Å². The highest BCUT2D eigenvalue weighted by Crippen LogP contribution is 2.40. The molecule has 0 aliphatic carbocycles. The Morgan fingerprint density at radius 2 is 0.963 bits per heavy atom. The fourth-order valence-electron chi connectivity index (χ4n) is 8.02. The van der Waals surface area contributed by atoms with Crippen LogP contribution in [0.1, 0.15) is 16.7 Å².